The Morgan fingerprint density at radius 2 is 2.47 bits per heavy atom. The van der Waals surface area contributed by atoms with E-state index in [1.54, 1.807) is 0 Å². The molecule has 1 aromatic rings. The first-order valence-corrected chi connectivity index (χ1v) is 6.47. The van der Waals surface area contributed by atoms with Crippen molar-refractivity contribution >= 4 is 0 Å². The standard InChI is InChI=1S/C12H22N4O/c1-10(2)11-8-16(6-3-5-13-11)7-4-12-14-9-15-17-12/h9-11,13H,3-8H2,1-2H3. The van der Waals surface area contributed by atoms with Crippen molar-refractivity contribution in [1.82, 2.24) is 20.4 Å². The molecule has 5 heteroatoms. The molecule has 0 saturated carbocycles. The second-order valence-corrected chi connectivity index (χ2v) is 5.04. The summed E-state index contributed by atoms with van der Waals surface area (Å²) < 4.78 is 5.03. The van der Waals surface area contributed by atoms with Crippen molar-refractivity contribution in [3.05, 3.63) is 12.2 Å². The molecule has 96 valence electrons. The Labute approximate surface area is 103 Å². The summed E-state index contributed by atoms with van der Waals surface area (Å²) >= 11 is 0. The molecule has 1 saturated heterocycles. The number of hydrogen-bond acceptors (Lipinski definition) is 5. The molecule has 0 radical (unpaired) electrons. The van der Waals surface area contributed by atoms with Gasteiger partial charge in [0.25, 0.3) is 0 Å². The summed E-state index contributed by atoms with van der Waals surface area (Å²) in [5, 5.41) is 7.24. The van der Waals surface area contributed by atoms with Crippen LogP contribution in [0.2, 0.25) is 0 Å². The van der Waals surface area contributed by atoms with Gasteiger partial charge < -0.3 is 14.7 Å². The number of rotatable bonds is 4. The van der Waals surface area contributed by atoms with Crippen molar-refractivity contribution in [2.45, 2.75) is 32.7 Å². The maximum atomic E-state index is 5.03. The third-order valence-electron chi connectivity index (χ3n) is 3.37. The minimum absolute atomic E-state index is 0.597. The predicted octanol–water partition coefficient (Wildman–Crippen LogP) is 0.932. The maximum absolute atomic E-state index is 5.03. The van der Waals surface area contributed by atoms with E-state index in [1.807, 2.05) is 0 Å². The molecular formula is C12H22N4O. The Balaban J connectivity index is 1.82. The fourth-order valence-electron chi connectivity index (χ4n) is 2.23. The highest BCUT2D eigenvalue weighted by Gasteiger charge is 2.20. The zero-order valence-corrected chi connectivity index (χ0v) is 10.7. The first-order chi connectivity index (χ1) is 8.25. The van der Waals surface area contributed by atoms with E-state index in [-0.39, 0.29) is 0 Å². The highest BCUT2D eigenvalue weighted by Crippen LogP contribution is 2.09. The van der Waals surface area contributed by atoms with Gasteiger partial charge >= 0.3 is 0 Å². The molecule has 5 nitrogen and oxygen atoms in total. The maximum Gasteiger partial charge on any atom is 0.227 e. The second-order valence-electron chi connectivity index (χ2n) is 5.04. The lowest BCUT2D eigenvalue weighted by Crippen LogP contribution is -2.41. The van der Waals surface area contributed by atoms with E-state index >= 15 is 0 Å². The number of hydrogen-bond donors (Lipinski definition) is 1. The largest absolute Gasteiger partial charge is 0.340 e. The number of nitrogens with one attached hydrogen (secondary N) is 1. The molecule has 0 aliphatic carbocycles. The Kier molecular flexibility index (Phi) is 4.50. The topological polar surface area (TPSA) is 54.2 Å². The van der Waals surface area contributed by atoms with Gasteiger partial charge in [-0.05, 0) is 25.4 Å². The smallest absolute Gasteiger partial charge is 0.227 e. The lowest BCUT2D eigenvalue weighted by Gasteiger charge is -2.26. The van der Waals surface area contributed by atoms with Gasteiger partial charge in [0.15, 0.2) is 6.33 Å². The lowest BCUT2D eigenvalue weighted by atomic mass is 10.0. The van der Waals surface area contributed by atoms with E-state index in [4.69, 9.17) is 4.52 Å². The molecule has 0 bridgehead atoms. The molecule has 1 N–H and O–H groups in total. The SMILES string of the molecule is CC(C)C1CN(CCc2ncno2)CCCN1. The van der Waals surface area contributed by atoms with Crippen molar-refractivity contribution in [1.29, 1.82) is 0 Å². The molecule has 1 atom stereocenters. The monoisotopic (exact) mass is 238 g/mol. The minimum atomic E-state index is 0.597. The van der Waals surface area contributed by atoms with Crippen LogP contribution in [0.3, 0.4) is 0 Å². The summed E-state index contributed by atoms with van der Waals surface area (Å²) in [6, 6.07) is 0.597. The van der Waals surface area contributed by atoms with E-state index in [0.29, 0.717) is 12.0 Å². The highest BCUT2D eigenvalue weighted by atomic mass is 16.5. The molecule has 1 unspecified atom stereocenters. The van der Waals surface area contributed by atoms with Gasteiger partial charge in [-0.2, -0.15) is 4.98 Å². The molecule has 2 rings (SSSR count). The molecule has 1 fully saturated rings. The van der Waals surface area contributed by atoms with Crippen molar-refractivity contribution in [3.8, 4) is 0 Å². The van der Waals surface area contributed by atoms with Crippen LogP contribution in [0.15, 0.2) is 10.9 Å². The van der Waals surface area contributed by atoms with Gasteiger partial charge in [0.1, 0.15) is 0 Å². The average molecular weight is 238 g/mol. The highest BCUT2D eigenvalue weighted by molar-refractivity contribution is 4.82. The Morgan fingerprint density at radius 3 is 3.18 bits per heavy atom. The molecule has 2 heterocycles. The van der Waals surface area contributed by atoms with Gasteiger partial charge in [0, 0.05) is 25.6 Å². The van der Waals surface area contributed by atoms with Crippen LogP contribution in [0.1, 0.15) is 26.2 Å². The van der Waals surface area contributed by atoms with Crippen LogP contribution in [-0.4, -0.2) is 47.3 Å². The van der Waals surface area contributed by atoms with Crippen LogP contribution >= 0.6 is 0 Å². The van der Waals surface area contributed by atoms with Gasteiger partial charge in [-0.25, -0.2) is 0 Å². The molecular weight excluding hydrogens is 216 g/mol. The van der Waals surface area contributed by atoms with Gasteiger partial charge in [0.05, 0.1) is 0 Å². The summed E-state index contributed by atoms with van der Waals surface area (Å²) in [5.74, 6) is 1.42. The van der Waals surface area contributed by atoms with Crippen LogP contribution in [0.25, 0.3) is 0 Å². The molecule has 0 aromatic carbocycles. The molecule has 1 aromatic heterocycles. The summed E-state index contributed by atoms with van der Waals surface area (Å²) in [4.78, 5) is 6.55. The number of aromatic nitrogens is 2. The van der Waals surface area contributed by atoms with Crippen molar-refractivity contribution in [2.24, 2.45) is 5.92 Å². The van der Waals surface area contributed by atoms with Crippen molar-refractivity contribution < 1.29 is 4.52 Å². The third kappa shape index (κ3) is 3.78. The van der Waals surface area contributed by atoms with E-state index in [1.165, 1.54) is 12.7 Å². The average Bonchev–Trinajstić information content (AvgIpc) is 2.70. The first kappa shape index (κ1) is 12.5. The molecule has 0 amide bonds. The van der Waals surface area contributed by atoms with Crippen LogP contribution in [0.5, 0.6) is 0 Å². The normalized spacial score (nSPS) is 22.9. The Hall–Kier alpha value is -0.940. The predicted molar refractivity (Wildman–Crippen MR) is 65.7 cm³/mol. The van der Waals surface area contributed by atoms with Crippen LogP contribution in [0, 0.1) is 5.92 Å². The quantitative estimate of drug-likeness (QED) is 0.846. The van der Waals surface area contributed by atoms with E-state index in [9.17, 15) is 0 Å². The molecule has 1 aliphatic rings. The van der Waals surface area contributed by atoms with Gasteiger partial charge in [-0.1, -0.05) is 19.0 Å². The number of nitrogens with zero attached hydrogens (tertiary/aromatic N) is 3. The molecule has 17 heavy (non-hydrogen) atoms. The minimum Gasteiger partial charge on any atom is -0.340 e. The van der Waals surface area contributed by atoms with Crippen LogP contribution < -0.4 is 5.32 Å². The van der Waals surface area contributed by atoms with Gasteiger partial charge in [0.2, 0.25) is 5.89 Å². The van der Waals surface area contributed by atoms with E-state index < -0.39 is 0 Å². The van der Waals surface area contributed by atoms with Crippen LogP contribution in [-0.2, 0) is 6.42 Å². The van der Waals surface area contributed by atoms with Gasteiger partial charge in [-0.3, -0.25) is 0 Å². The van der Waals surface area contributed by atoms with E-state index in [2.05, 4.69) is 34.2 Å². The zero-order valence-electron chi connectivity index (χ0n) is 10.7. The molecule has 0 spiro atoms. The third-order valence-corrected chi connectivity index (χ3v) is 3.37. The first-order valence-electron chi connectivity index (χ1n) is 6.47. The summed E-state index contributed by atoms with van der Waals surface area (Å²) in [7, 11) is 0. The summed E-state index contributed by atoms with van der Waals surface area (Å²) in [6.07, 6.45) is 3.54. The van der Waals surface area contributed by atoms with Crippen molar-refractivity contribution in [2.75, 3.05) is 26.2 Å². The molecule has 1 aliphatic heterocycles. The van der Waals surface area contributed by atoms with E-state index in [0.717, 1.165) is 38.5 Å². The fraction of sp³-hybridized carbons (Fsp3) is 0.833. The van der Waals surface area contributed by atoms with Crippen LogP contribution in [0.4, 0.5) is 0 Å². The fourth-order valence-corrected chi connectivity index (χ4v) is 2.23. The summed E-state index contributed by atoms with van der Waals surface area (Å²) in [6.45, 7) is 8.96. The lowest BCUT2D eigenvalue weighted by molar-refractivity contribution is 0.239. The Bertz CT molecular complexity index is 312. The Morgan fingerprint density at radius 1 is 1.59 bits per heavy atom. The second kappa shape index (κ2) is 6.12. The summed E-state index contributed by atoms with van der Waals surface area (Å²) in [5.41, 5.74) is 0. The van der Waals surface area contributed by atoms with Crippen molar-refractivity contribution in [3.63, 3.8) is 0 Å². The van der Waals surface area contributed by atoms with Gasteiger partial charge in [-0.15, -0.1) is 0 Å². The zero-order chi connectivity index (χ0) is 12.1.